The zero-order chi connectivity index (χ0) is 60.7. The first-order valence-electron chi connectivity index (χ1n) is 37.2. The van der Waals surface area contributed by atoms with Crippen molar-refractivity contribution < 1.29 is 39.8 Å². The summed E-state index contributed by atoms with van der Waals surface area (Å²) in [5, 5.41) is 55.0. The summed E-state index contributed by atoms with van der Waals surface area (Å²) in [6, 6.07) is -0.721. The van der Waals surface area contributed by atoms with Crippen LogP contribution in [0.25, 0.3) is 0 Å². The number of allylic oxidation sites excluding steroid dienone is 6. The topological polar surface area (TPSA) is 149 Å². The molecule has 0 aromatic rings. The molecule has 9 nitrogen and oxygen atoms in total. The molecule has 1 saturated heterocycles. The Labute approximate surface area is 521 Å². The van der Waals surface area contributed by atoms with Crippen molar-refractivity contribution in [3.8, 4) is 0 Å². The molecule has 0 aliphatic carbocycles. The maximum Gasteiger partial charge on any atom is 0.220 e. The maximum absolute atomic E-state index is 13.2. The van der Waals surface area contributed by atoms with Gasteiger partial charge in [-0.2, -0.15) is 0 Å². The number of carbonyl (C=O) groups excluding carboxylic acids is 1. The number of ether oxygens (including phenoxy) is 2. The summed E-state index contributed by atoms with van der Waals surface area (Å²) in [4.78, 5) is 13.2. The van der Waals surface area contributed by atoms with Crippen LogP contribution in [0.2, 0.25) is 0 Å². The van der Waals surface area contributed by atoms with E-state index < -0.39 is 49.5 Å². The van der Waals surface area contributed by atoms with Gasteiger partial charge in [-0.15, -0.1) is 0 Å². The lowest BCUT2D eigenvalue weighted by molar-refractivity contribution is -0.302. The van der Waals surface area contributed by atoms with E-state index in [-0.39, 0.29) is 12.5 Å². The average molecular weight is 1190 g/mol. The molecule has 7 unspecified atom stereocenters. The van der Waals surface area contributed by atoms with Gasteiger partial charge in [0.25, 0.3) is 0 Å². The predicted molar refractivity (Wildman–Crippen MR) is 360 cm³/mol. The number of amides is 1. The van der Waals surface area contributed by atoms with Crippen molar-refractivity contribution in [2.75, 3.05) is 13.2 Å². The van der Waals surface area contributed by atoms with Crippen LogP contribution < -0.4 is 5.32 Å². The highest BCUT2D eigenvalue weighted by molar-refractivity contribution is 5.76. The van der Waals surface area contributed by atoms with Crippen LogP contribution in [0.3, 0.4) is 0 Å². The molecule has 0 bridgehead atoms. The smallest absolute Gasteiger partial charge is 0.220 e. The van der Waals surface area contributed by atoms with Crippen LogP contribution in [-0.2, 0) is 14.3 Å². The molecule has 7 atom stereocenters. The van der Waals surface area contributed by atoms with Crippen LogP contribution in [0.4, 0.5) is 0 Å². The number of hydrogen-bond acceptors (Lipinski definition) is 8. The summed E-state index contributed by atoms with van der Waals surface area (Å²) >= 11 is 0. The maximum atomic E-state index is 13.2. The SMILES string of the molecule is CCCCCCC/C=C\C/C=C\C/C=C\CCCCCCCCCCCCCCCCC(=O)NC(COC1OC(CO)C(O)C(O)C1O)C(O)CCCCCCCCCCCCCCCCCCCCCCCCCCCCCCCCCC. The van der Waals surface area contributed by atoms with Crippen LogP contribution in [0.5, 0.6) is 0 Å². The Morgan fingerprint density at radius 2 is 0.702 bits per heavy atom. The molecule has 0 spiro atoms. The Hall–Kier alpha value is -1.59. The number of nitrogens with one attached hydrogen (secondary N) is 1. The molecule has 1 amide bonds. The summed E-state index contributed by atoms with van der Waals surface area (Å²) in [5.41, 5.74) is 0. The summed E-state index contributed by atoms with van der Waals surface area (Å²) < 4.78 is 11.4. The first-order chi connectivity index (χ1) is 41.3. The van der Waals surface area contributed by atoms with Gasteiger partial charge in [-0.25, -0.2) is 0 Å². The molecule has 0 saturated carbocycles. The van der Waals surface area contributed by atoms with E-state index in [1.807, 2.05) is 0 Å². The minimum atomic E-state index is -1.55. The Bertz CT molecular complexity index is 1420. The van der Waals surface area contributed by atoms with Crippen LogP contribution in [-0.4, -0.2) is 87.5 Å². The van der Waals surface area contributed by atoms with Gasteiger partial charge < -0.3 is 40.3 Å². The molecule has 1 fully saturated rings. The molecule has 1 aliphatic rings. The van der Waals surface area contributed by atoms with E-state index in [2.05, 4.69) is 55.6 Å². The summed E-state index contributed by atoms with van der Waals surface area (Å²) in [6.45, 7) is 3.88. The van der Waals surface area contributed by atoms with Gasteiger partial charge in [0, 0.05) is 6.42 Å². The van der Waals surface area contributed by atoms with Gasteiger partial charge in [0.05, 0.1) is 25.4 Å². The third-order valence-corrected chi connectivity index (χ3v) is 18.0. The molecule has 1 aliphatic heterocycles. The van der Waals surface area contributed by atoms with E-state index in [0.29, 0.717) is 12.8 Å². The number of aliphatic hydroxyl groups excluding tert-OH is 5. The second kappa shape index (κ2) is 64.4. The highest BCUT2D eigenvalue weighted by atomic mass is 16.7. The molecular weight excluding hydrogens is 1040 g/mol. The fourth-order valence-corrected chi connectivity index (χ4v) is 12.2. The van der Waals surface area contributed by atoms with E-state index in [0.717, 1.165) is 51.4 Å². The van der Waals surface area contributed by atoms with Gasteiger partial charge in [-0.05, 0) is 51.4 Å². The fraction of sp³-hybridized carbons (Fsp3) is 0.907. The van der Waals surface area contributed by atoms with Crippen LogP contribution in [0, 0.1) is 0 Å². The highest BCUT2D eigenvalue weighted by Gasteiger charge is 2.44. The van der Waals surface area contributed by atoms with Gasteiger partial charge in [0.1, 0.15) is 24.4 Å². The zero-order valence-electron chi connectivity index (χ0n) is 55.7. The second-order valence-electron chi connectivity index (χ2n) is 26.1. The molecule has 6 N–H and O–H groups in total. The monoisotopic (exact) mass is 1190 g/mol. The van der Waals surface area contributed by atoms with Crippen molar-refractivity contribution in [2.24, 2.45) is 0 Å². The minimum Gasteiger partial charge on any atom is -0.394 e. The predicted octanol–water partition coefficient (Wildman–Crippen LogP) is 20.6. The first-order valence-corrected chi connectivity index (χ1v) is 37.2. The summed E-state index contributed by atoms with van der Waals surface area (Å²) in [6.07, 6.45) is 79.4. The molecule has 0 aromatic carbocycles. The summed E-state index contributed by atoms with van der Waals surface area (Å²) in [5.74, 6) is -0.139. The van der Waals surface area contributed by atoms with E-state index in [4.69, 9.17) is 9.47 Å². The molecule has 0 radical (unpaired) electrons. The minimum absolute atomic E-state index is 0.135. The number of unbranched alkanes of at least 4 members (excludes halogenated alkanes) is 50. The van der Waals surface area contributed by atoms with E-state index >= 15 is 0 Å². The largest absolute Gasteiger partial charge is 0.394 e. The quantitative estimate of drug-likeness (QED) is 0.0261. The fourth-order valence-electron chi connectivity index (χ4n) is 12.2. The van der Waals surface area contributed by atoms with Crippen molar-refractivity contribution in [1.82, 2.24) is 5.32 Å². The third-order valence-electron chi connectivity index (χ3n) is 18.0. The number of aliphatic hydroxyl groups is 5. The Kier molecular flexibility index (Phi) is 61.7. The third kappa shape index (κ3) is 52.4. The molecule has 1 heterocycles. The lowest BCUT2D eigenvalue weighted by Crippen LogP contribution is -2.60. The number of hydrogen-bond donors (Lipinski definition) is 6. The molecule has 1 rings (SSSR count). The number of carbonyl (C=O) groups is 1. The average Bonchev–Trinajstić information content (AvgIpc) is 3.69. The van der Waals surface area contributed by atoms with Crippen molar-refractivity contribution in [3.05, 3.63) is 36.5 Å². The lowest BCUT2D eigenvalue weighted by atomic mass is 9.99. The van der Waals surface area contributed by atoms with E-state index in [1.54, 1.807) is 0 Å². The molecular formula is C75H143NO8. The Balaban J connectivity index is 2.09. The second-order valence-corrected chi connectivity index (χ2v) is 26.1. The van der Waals surface area contributed by atoms with E-state index in [1.165, 1.54) is 302 Å². The standard InChI is InChI=1S/C75H143NO8/c1-3-5-7-9-11-13-15-17-19-21-23-25-27-29-31-33-34-35-37-38-40-42-44-46-48-50-52-54-56-58-60-62-64-69(78)68(67-83-75-74(82)73(81)72(80)70(66-77)84-75)76-71(79)65-63-61-59-57-55-53-51-49-47-45-43-41-39-36-32-30-28-26-24-22-20-18-16-14-12-10-8-6-4-2/h16,18,22,24,28,30,68-70,72-75,77-78,80-82H,3-15,17,19-21,23,25-27,29,31-67H2,1-2H3,(H,76,79)/b18-16-,24-22-,30-28-. The van der Waals surface area contributed by atoms with Crippen LogP contribution >= 0.6 is 0 Å². The lowest BCUT2D eigenvalue weighted by Gasteiger charge is -2.40. The number of rotatable bonds is 66. The normalized spacial score (nSPS) is 18.3. The van der Waals surface area contributed by atoms with Crippen molar-refractivity contribution >= 4 is 5.91 Å². The van der Waals surface area contributed by atoms with Crippen molar-refractivity contribution in [3.63, 3.8) is 0 Å². The highest BCUT2D eigenvalue weighted by Crippen LogP contribution is 2.24. The molecule has 496 valence electrons. The Morgan fingerprint density at radius 1 is 0.405 bits per heavy atom. The van der Waals surface area contributed by atoms with Crippen LogP contribution in [0.15, 0.2) is 36.5 Å². The van der Waals surface area contributed by atoms with Crippen molar-refractivity contribution in [2.45, 2.75) is 423 Å². The molecule has 84 heavy (non-hydrogen) atoms. The molecule has 9 heteroatoms. The van der Waals surface area contributed by atoms with Gasteiger partial charge in [0.15, 0.2) is 6.29 Å². The zero-order valence-corrected chi connectivity index (χ0v) is 55.7. The van der Waals surface area contributed by atoms with Gasteiger partial charge in [0.2, 0.25) is 5.91 Å². The van der Waals surface area contributed by atoms with E-state index in [9.17, 15) is 30.3 Å². The van der Waals surface area contributed by atoms with Gasteiger partial charge >= 0.3 is 0 Å². The first kappa shape index (κ1) is 80.4. The Morgan fingerprint density at radius 3 is 1.04 bits per heavy atom. The van der Waals surface area contributed by atoms with Crippen molar-refractivity contribution in [1.29, 1.82) is 0 Å². The molecule has 0 aromatic heterocycles. The summed E-state index contributed by atoms with van der Waals surface area (Å²) in [7, 11) is 0. The van der Waals surface area contributed by atoms with Gasteiger partial charge in [-0.1, -0.05) is 359 Å². The van der Waals surface area contributed by atoms with Gasteiger partial charge in [-0.3, -0.25) is 4.79 Å². The van der Waals surface area contributed by atoms with Crippen LogP contribution in [0.1, 0.15) is 380 Å².